The molecule has 1 amide bonds. The van der Waals surface area contributed by atoms with Gasteiger partial charge in [-0.1, -0.05) is 12.1 Å². The first kappa shape index (κ1) is 21.3. The van der Waals surface area contributed by atoms with Crippen LogP contribution in [0.1, 0.15) is 27.6 Å². The van der Waals surface area contributed by atoms with Crippen LogP contribution in [-0.4, -0.2) is 44.4 Å². The van der Waals surface area contributed by atoms with Gasteiger partial charge in [-0.25, -0.2) is 9.59 Å². The first-order valence-corrected chi connectivity index (χ1v) is 9.67. The van der Waals surface area contributed by atoms with E-state index in [1.54, 1.807) is 43.3 Å². The van der Waals surface area contributed by atoms with Gasteiger partial charge in [-0.15, -0.1) is 11.8 Å². The summed E-state index contributed by atoms with van der Waals surface area (Å²) in [5.74, 6) is -1.44. The first-order valence-electron chi connectivity index (χ1n) is 8.45. The van der Waals surface area contributed by atoms with Crippen molar-refractivity contribution in [3.63, 3.8) is 0 Å². The van der Waals surface area contributed by atoms with E-state index >= 15 is 0 Å². The second-order valence-corrected chi connectivity index (χ2v) is 6.34. The van der Waals surface area contributed by atoms with Gasteiger partial charge in [-0.2, -0.15) is 0 Å². The summed E-state index contributed by atoms with van der Waals surface area (Å²) in [6.07, 6.45) is 1.91. The molecule has 28 heavy (non-hydrogen) atoms. The van der Waals surface area contributed by atoms with Crippen molar-refractivity contribution in [1.29, 1.82) is 0 Å². The molecule has 7 nitrogen and oxygen atoms in total. The fraction of sp³-hybridized carbons (Fsp3) is 0.250. The normalized spacial score (nSPS) is 10.1. The van der Waals surface area contributed by atoms with Crippen LogP contribution in [0.25, 0.3) is 0 Å². The average molecular weight is 403 g/mol. The molecule has 0 spiro atoms. The Hall–Kier alpha value is -3.00. The number of ether oxygens (including phenoxy) is 3. The van der Waals surface area contributed by atoms with E-state index in [2.05, 4.69) is 5.32 Å². The molecule has 0 aliphatic rings. The Morgan fingerprint density at radius 2 is 1.71 bits per heavy atom. The third-order valence-corrected chi connectivity index (χ3v) is 4.38. The standard InChI is InChI=1S/C20H21NO6S/c1-4-26-19(23)14-7-5-6-8-16(14)21-18(22)12-27-20(24)15-10-9-13(28-3)11-17(15)25-2/h5-11H,4,12H2,1-3H3,(H,21,22). The van der Waals surface area contributed by atoms with Gasteiger partial charge in [0.15, 0.2) is 6.61 Å². The number of hydrogen-bond donors (Lipinski definition) is 1. The van der Waals surface area contributed by atoms with Gasteiger partial charge in [-0.05, 0) is 43.5 Å². The van der Waals surface area contributed by atoms with Crippen molar-refractivity contribution in [1.82, 2.24) is 0 Å². The number of methoxy groups -OCH3 is 1. The Balaban J connectivity index is 2.02. The topological polar surface area (TPSA) is 90.9 Å². The van der Waals surface area contributed by atoms with E-state index in [0.717, 1.165) is 4.90 Å². The molecule has 2 aromatic rings. The van der Waals surface area contributed by atoms with Crippen molar-refractivity contribution in [3.05, 3.63) is 53.6 Å². The molecule has 8 heteroatoms. The van der Waals surface area contributed by atoms with Crippen LogP contribution in [0, 0.1) is 0 Å². The molecule has 148 valence electrons. The molecule has 0 unspecified atom stereocenters. The van der Waals surface area contributed by atoms with Gasteiger partial charge in [0, 0.05) is 4.90 Å². The first-order chi connectivity index (χ1) is 13.5. The fourth-order valence-electron chi connectivity index (χ4n) is 2.34. The predicted molar refractivity (Wildman–Crippen MR) is 106 cm³/mol. The number of para-hydroxylation sites is 1. The highest BCUT2D eigenvalue weighted by molar-refractivity contribution is 7.98. The van der Waals surface area contributed by atoms with E-state index in [0.29, 0.717) is 5.75 Å². The molecule has 0 heterocycles. The van der Waals surface area contributed by atoms with Crippen molar-refractivity contribution in [2.45, 2.75) is 11.8 Å². The van der Waals surface area contributed by atoms with Crippen LogP contribution in [0.2, 0.25) is 0 Å². The molecule has 0 aliphatic carbocycles. The number of esters is 2. The molecule has 0 saturated carbocycles. The molecule has 2 aromatic carbocycles. The molecule has 0 radical (unpaired) electrons. The highest BCUT2D eigenvalue weighted by Crippen LogP contribution is 2.26. The van der Waals surface area contributed by atoms with Crippen LogP contribution < -0.4 is 10.1 Å². The smallest absolute Gasteiger partial charge is 0.342 e. The minimum Gasteiger partial charge on any atom is -0.496 e. The van der Waals surface area contributed by atoms with Gasteiger partial charge in [0.05, 0.1) is 25.0 Å². The lowest BCUT2D eigenvalue weighted by Crippen LogP contribution is -2.22. The van der Waals surface area contributed by atoms with Gasteiger partial charge in [0.2, 0.25) is 0 Å². The summed E-state index contributed by atoms with van der Waals surface area (Å²) in [6, 6.07) is 11.5. The zero-order valence-electron chi connectivity index (χ0n) is 15.8. The summed E-state index contributed by atoms with van der Waals surface area (Å²) in [6.45, 7) is 1.40. The third-order valence-electron chi connectivity index (χ3n) is 3.66. The Kier molecular flexibility index (Phi) is 7.88. The zero-order valence-corrected chi connectivity index (χ0v) is 16.6. The summed E-state index contributed by atoms with van der Waals surface area (Å²) in [5, 5.41) is 2.55. The number of nitrogens with one attached hydrogen (secondary N) is 1. The molecule has 0 aromatic heterocycles. The SMILES string of the molecule is CCOC(=O)c1ccccc1NC(=O)COC(=O)c1ccc(SC)cc1OC. The largest absolute Gasteiger partial charge is 0.496 e. The average Bonchev–Trinajstić information content (AvgIpc) is 2.72. The van der Waals surface area contributed by atoms with Gasteiger partial charge in [-0.3, -0.25) is 4.79 Å². The summed E-state index contributed by atoms with van der Waals surface area (Å²) in [5.41, 5.74) is 0.724. The van der Waals surface area contributed by atoms with Crippen molar-refractivity contribution in [3.8, 4) is 5.75 Å². The van der Waals surface area contributed by atoms with Crippen LogP contribution >= 0.6 is 11.8 Å². The summed E-state index contributed by atoms with van der Waals surface area (Å²) < 4.78 is 15.2. The van der Waals surface area contributed by atoms with E-state index in [9.17, 15) is 14.4 Å². The predicted octanol–water partition coefficient (Wildman–Crippen LogP) is 3.39. The third kappa shape index (κ3) is 5.50. The van der Waals surface area contributed by atoms with Crippen molar-refractivity contribution in [2.75, 3.05) is 31.9 Å². The Labute approximate surface area is 167 Å². The number of carbonyl (C=O) groups is 3. The van der Waals surface area contributed by atoms with E-state index in [1.807, 2.05) is 6.26 Å². The molecular weight excluding hydrogens is 382 g/mol. The summed E-state index contributed by atoms with van der Waals surface area (Å²) >= 11 is 1.51. The van der Waals surface area contributed by atoms with E-state index in [1.165, 1.54) is 24.9 Å². The van der Waals surface area contributed by atoms with Crippen LogP contribution in [-0.2, 0) is 14.3 Å². The quantitative estimate of drug-likeness (QED) is 0.534. The number of carbonyl (C=O) groups excluding carboxylic acids is 3. The number of anilines is 1. The lowest BCUT2D eigenvalue weighted by molar-refractivity contribution is -0.119. The summed E-state index contributed by atoms with van der Waals surface area (Å²) in [4.78, 5) is 37.3. The Morgan fingerprint density at radius 1 is 1.00 bits per heavy atom. The second-order valence-electron chi connectivity index (χ2n) is 5.46. The Bertz CT molecular complexity index is 868. The van der Waals surface area contributed by atoms with Gasteiger partial charge in [0.1, 0.15) is 11.3 Å². The van der Waals surface area contributed by atoms with Crippen molar-refractivity contribution < 1.29 is 28.6 Å². The van der Waals surface area contributed by atoms with Crippen molar-refractivity contribution in [2.24, 2.45) is 0 Å². The minimum atomic E-state index is -0.682. The second kappa shape index (κ2) is 10.4. The molecule has 0 fully saturated rings. The fourth-order valence-corrected chi connectivity index (χ4v) is 2.77. The zero-order chi connectivity index (χ0) is 20.5. The highest BCUT2D eigenvalue weighted by atomic mass is 32.2. The molecule has 0 bridgehead atoms. The molecule has 0 saturated heterocycles. The van der Waals surface area contributed by atoms with Gasteiger partial charge >= 0.3 is 11.9 Å². The highest BCUT2D eigenvalue weighted by Gasteiger charge is 2.18. The van der Waals surface area contributed by atoms with Crippen LogP contribution in [0.3, 0.4) is 0 Å². The number of rotatable bonds is 8. The van der Waals surface area contributed by atoms with Crippen LogP contribution in [0.15, 0.2) is 47.4 Å². The monoisotopic (exact) mass is 403 g/mol. The van der Waals surface area contributed by atoms with E-state index in [4.69, 9.17) is 14.2 Å². The Morgan fingerprint density at radius 3 is 2.39 bits per heavy atom. The lowest BCUT2D eigenvalue weighted by Gasteiger charge is -2.12. The molecular formula is C20H21NO6S. The maximum absolute atomic E-state index is 12.3. The van der Waals surface area contributed by atoms with E-state index in [-0.39, 0.29) is 23.4 Å². The van der Waals surface area contributed by atoms with E-state index < -0.39 is 24.5 Å². The van der Waals surface area contributed by atoms with Gasteiger partial charge in [0.25, 0.3) is 5.91 Å². The molecule has 0 atom stereocenters. The molecule has 1 N–H and O–H groups in total. The summed E-state index contributed by atoms with van der Waals surface area (Å²) in [7, 11) is 1.45. The van der Waals surface area contributed by atoms with Crippen molar-refractivity contribution >= 4 is 35.3 Å². The van der Waals surface area contributed by atoms with Crippen LogP contribution in [0.5, 0.6) is 5.75 Å². The number of hydrogen-bond acceptors (Lipinski definition) is 7. The number of benzene rings is 2. The number of thioether (sulfide) groups is 1. The molecule has 0 aliphatic heterocycles. The minimum absolute atomic E-state index is 0.218. The maximum atomic E-state index is 12.3. The van der Waals surface area contributed by atoms with Gasteiger partial charge < -0.3 is 19.5 Å². The van der Waals surface area contributed by atoms with Crippen LogP contribution in [0.4, 0.5) is 5.69 Å². The maximum Gasteiger partial charge on any atom is 0.342 e. The molecule has 2 rings (SSSR count). The lowest BCUT2D eigenvalue weighted by atomic mass is 10.2. The number of amides is 1.